The highest BCUT2D eigenvalue weighted by atomic mass is 32.2. The van der Waals surface area contributed by atoms with E-state index in [0.717, 1.165) is 0 Å². The van der Waals surface area contributed by atoms with Crippen LogP contribution in [-0.4, -0.2) is 31.1 Å². The number of hydrogen-bond acceptors (Lipinski definition) is 7. The van der Waals surface area contributed by atoms with Gasteiger partial charge in [0, 0.05) is 11.1 Å². The minimum atomic E-state index is -3.91. The maximum absolute atomic E-state index is 12.3. The molecule has 0 spiro atoms. The average molecular weight is 388 g/mol. The van der Waals surface area contributed by atoms with E-state index in [0.29, 0.717) is 23.8 Å². The van der Waals surface area contributed by atoms with Crippen LogP contribution in [0.2, 0.25) is 0 Å². The largest absolute Gasteiger partial charge is 0.494 e. The van der Waals surface area contributed by atoms with Gasteiger partial charge in [0.15, 0.2) is 0 Å². The molecule has 1 heterocycles. The topological polar surface area (TPSA) is 123 Å². The minimum Gasteiger partial charge on any atom is -0.494 e. The second-order valence-electron chi connectivity index (χ2n) is 5.29. The summed E-state index contributed by atoms with van der Waals surface area (Å²) in [6, 6.07) is 12.1. The lowest BCUT2D eigenvalue weighted by atomic mass is 10.1. The van der Waals surface area contributed by atoms with Gasteiger partial charge in [0.25, 0.3) is 15.9 Å². The summed E-state index contributed by atoms with van der Waals surface area (Å²) in [4.78, 5) is 14.2. The number of nitrogens with zero attached hydrogens (tertiary/aromatic N) is 2. The Labute approximate surface area is 155 Å². The number of nitrogens with one attached hydrogen (secondary N) is 2. The number of hydrogen-bond donors (Lipinski definition) is 2. The molecule has 0 fully saturated rings. The molecule has 0 aliphatic carbocycles. The van der Waals surface area contributed by atoms with Gasteiger partial charge < -0.3 is 9.15 Å². The lowest BCUT2D eigenvalue weighted by Crippen LogP contribution is -2.41. The normalized spacial score (nSPS) is 11.1. The van der Waals surface area contributed by atoms with E-state index in [4.69, 9.17) is 9.15 Å². The molecule has 0 atom stereocenters. The first-order chi connectivity index (χ1) is 13.0. The van der Waals surface area contributed by atoms with Gasteiger partial charge >= 0.3 is 0 Å². The van der Waals surface area contributed by atoms with E-state index in [1.165, 1.54) is 42.8 Å². The van der Waals surface area contributed by atoms with Gasteiger partial charge in [-0.1, -0.05) is 0 Å². The molecule has 0 aliphatic heterocycles. The van der Waals surface area contributed by atoms with Crippen molar-refractivity contribution in [2.45, 2.75) is 11.8 Å². The molecule has 3 aromatic rings. The fraction of sp³-hybridized carbons (Fsp3) is 0.118. The Balaban J connectivity index is 1.63. The number of sulfonamides is 1. The number of benzene rings is 2. The molecule has 0 aliphatic rings. The molecular formula is C17H16N4O5S. The molecule has 0 bridgehead atoms. The van der Waals surface area contributed by atoms with Gasteiger partial charge in [-0.3, -0.25) is 10.2 Å². The molecule has 0 saturated heterocycles. The van der Waals surface area contributed by atoms with Crippen molar-refractivity contribution in [1.82, 2.24) is 20.5 Å². The van der Waals surface area contributed by atoms with Gasteiger partial charge in [-0.25, -0.2) is 8.42 Å². The summed E-state index contributed by atoms with van der Waals surface area (Å²) in [6.07, 6.45) is 1.20. The van der Waals surface area contributed by atoms with Crippen molar-refractivity contribution in [3.8, 4) is 17.2 Å². The standard InChI is InChI=1S/C17H16N4O5S/c1-2-25-14-7-9-15(10-8-14)27(23,24)21-19-16(22)12-3-5-13(6-4-12)17-20-18-11-26-17/h3-11,21H,2H2,1H3,(H,19,22). The Morgan fingerprint density at radius 3 is 2.41 bits per heavy atom. The first kappa shape index (κ1) is 18.5. The van der Waals surface area contributed by atoms with Crippen molar-refractivity contribution in [3.05, 3.63) is 60.5 Å². The van der Waals surface area contributed by atoms with Gasteiger partial charge in [-0.15, -0.1) is 15.0 Å². The van der Waals surface area contributed by atoms with E-state index in [1.807, 2.05) is 6.92 Å². The zero-order valence-corrected chi connectivity index (χ0v) is 15.1. The van der Waals surface area contributed by atoms with Crippen LogP contribution in [0.3, 0.4) is 0 Å². The van der Waals surface area contributed by atoms with Crippen LogP contribution >= 0.6 is 0 Å². The summed E-state index contributed by atoms with van der Waals surface area (Å²) in [6.45, 7) is 2.31. The van der Waals surface area contributed by atoms with E-state index in [9.17, 15) is 13.2 Å². The zero-order valence-electron chi connectivity index (χ0n) is 14.2. The highest BCUT2D eigenvalue weighted by Crippen LogP contribution is 2.17. The molecule has 9 nitrogen and oxygen atoms in total. The van der Waals surface area contributed by atoms with Crippen LogP contribution in [0.4, 0.5) is 0 Å². The van der Waals surface area contributed by atoms with Crippen LogP contribution < -0.4 is 15.0 Å². The second kappa shape index (κ2) is 7.98. The summed E-state index contributed by atoms with van der Waals surface area (Å²) >= 11 is 0. The number of amides is 1. The second-order valence-corrected chi connectivity index (χ2v) is 6.97. The molecule has 0 radical (unpaired) electrons. The average Bonchev–Trinajstić information content (AvgIpc) is 3.22. The number of rotatable bonds is 7. The fourth-order valence-corrected chi connectivity index (χ4v) is 3.03. The summed E-state index contributed by atoms with van der Waals surface area (Å²) in [5.41, 5.74) is 3.07. The zero-order chi connectivity index (χ0) is 19.3. The van der Waals surface area contributed by atoms with Gasteiger partial charge in [0.1, 0.15) is 5.75 Å². The predicted octanol–water partition coefficient (Wildman–Crippen LogP) is 1.76. The summed E-state index contributed by atoms with van der Waals surface area (Å²) in [5.74, 6) is 0.265. The quantitative estimate of drug-likeness (QED) is 0.591. The molecule has 2 N–H and O–H groups in total. The monoisotopic (exact) mass is 388 g/mol. The highest BCUT2D eigenvalue weighted by Gasteiger charge is 2.16. The maximum atomic E-state index is 12.3. The smallest absolute Gasteiger partial charge is 0.266 e. The molecule has 27 heavy (non-hydrogen) atoms. The van der Waals surface area contributed by atoms with Crippen LogP contribution in [0.15, 0.2) is 64.2 Å². The van der Waals surface area contributed by atoms with Crippen molar-refractivity contribution < 1.29 is 22.4 Å². The summed E-state index contributed by atoms with van der Waals surface area (Å²) in [7, 11) is -3.91. The number of hydrazine groups is 1. The number of carbonyl (C=O) groups is 1. The van der Waals surface area contributed by atoms with E-state index in [2.05, 4.69) is 20.5 Å². The van der Waals surface area contributed by atoms with Crippen molar-refractivity contribution in [2.75, 3.05) is 6.61 Å². The Bertz CT molecular complexity index is 1000. The van der Waals surface area contributed by atoms with Gasteiger partial charge in [-0.05, 0) is 55.5 Å². The Morgan fingerprint density at radius 1 is 1.11 bits per heavy atom. The molecule has 3 rings (SSSR count). The Kier molecular flexibility index (Phi) is 5.48. The first-order valence-electron chi connectivity index (χ1n) is 7.91. The lowest BCUT2D eigenvalue weighted by Gasteiger charge is -2.09. The Morgan fingerprint density at radius 2 is 1.81 bits per heavy atom. The molecule has 1 amide bonds. The van der Waals surface area contributed by atoms with Crippen molar-refractivity contribution >= 4 is 15.9 Å². The SMILES string of the molecule is CCOc1ccc(S(=O)(=O)NNC(=O)c2ccc(-c3nnco3)cc2)cc1. The first-order valence-corrected chi connectivity index (χ1v) is 9.39. The highest BCUT2D eigenvalue weighted by molar-refractivity contribution is 7.89. The van der Waals surface area contributed by atoms with Crippen LogP contribution in [0.5, 0.6) is 5.75 Å². The van der Waals surface area contributed by atoms with E-state index < -0.39 is 15.9 Å². The molecule has 140 valence electrons. The summed E-state index contributed by atoms with van der Waals surface area (Å²) in [5, 5.41) is 7.34. The minimum absolute atomic E-state index is 0.00186. The van der Waals surface area contributed by atoms with Crippen molar-refractivity contribution in [1.29, 1.82) is 0 Å². The molecule has 1 aromatic heterocycles. The summed E-state index contributed by atoms with van der Waals surface area (Å²) < 4.78 is 34.8. The third-order valence-corrected chi connectivity index (χ3v) is 4.76. The third-order valence-electron chi connectivity index (χ3n) is 3.50. The Hall–Kier alpha value is -3.24. The van der Waals surface area contributed by atoms with Gasteiger partial charge in [0.2, 0.25) is 12.3 Å². The third kappa shape index (κ3) is 4.49. The maximum Gasteiger partial charge on any atom is 0.266 e. The van der Waals surface area contributed by atoms with Gasteiger partial charge in [-0.2, -0.15) is 0 Å². The number of ether oxygens (including phenoxy) is 1. The molecule has 2 aromatic carbocycles. The van der Waals surface area contributed by atoms with Gasteiger partial charge in [0.05, 0.1) is 11.5 Å². The van der Waals surface area contributed by atoms with Crippen molar-refractivity contribution in [3.63, 3.8) is 0 Å². The van der Waals surface area contributed by atoms with Crippen LogP contribution in [-0.2, 0) is 10.0 Å². The molecule has 0 unspecified atom stereocenters. The molecular weight excluding hydrogens is 372 g/mol. The van der Waals surface area contributed by atoms with Crippen LogP contribution in [0, 0.1) is 0 Å². The lowest BCUT2D eigenvalue weighted by molar-refractivity contribution is 0.0945. The van der Waals surface area contributed by atoms with E-state index in [1.54, 1.807) is 12.1 Å². The number of aromatic nitrogens is 2. The number of carbonyl (C=O) groups excluding carboxylic acids is 1. The molecule has 10 heteroatoms. The van der Waals surface area contributed by atoms with Crippen LogP contribution in [0.25, 0.3) is 11.5 Å². The van der Waals surface area contributed by atoms with E-state index >= 15 is 0 Å². The molecule has 0 saturated carbocycles. The fourth-order valence-electron chi connectivity index (χ4n) is 2.19. The van der Waals surface area contributed by atoms with Crippen molar-refractivity contribution in [2.24, 2.45) is 0 Å². The van der Waals surface area contributed by atoms with E-state index in [-0.39, 0.29) is 10.5 Å². The predicted molar refractivity (Wildman–Crippen MR) is 95.1 cm³/mol. The van der Waals surface area contributed by atoms with Crippen LogP contribution in [0.1, 0.15) is 17.3 Å².